The molecular weight excluding hydrogens is 356 g/mol. The van der Waals surface area contributed by atoms with Gasteiger partial charge in [0, 0.05) is 6.61 Å². The fraction of sp³-hybridized carbons (Fsp3) is 0.333. The third-order valence-corrected chi connectivity index (χ3v) is 6.79. The molecule has 3 aromatic carbocycles. The van der Waals surface area contributed by atoms with Crippen LogP contribution in [-0.4, -0.2) is 18.3 Å². The molecule has 0 amide bonds. The molecule has 0 saturated heterocycles. The predicted molar refractivity (Wildman–Crippen MR) is 115 cm³/mol. The Kier molecular flexibility index (Phi) is 4.99. The molecule has 2 nitrogen and oxygen atoms in total. The number of hydrogen-bond donors (Lipinski definition) is 1. The maximum Gasteiger partial charge on any atom is 0.143 e. The first-order chi connectivity index (χ1) is 14.3. The predicted octanol–water partition coefficient (Wildman–Crippen LogP) is 5.26. The lowest BCUT2D eigenvalue weighted by atomic mass is 9.80. The normalized spacial score (nSPS) is 25.6. The molecular formula is C27H28O2. The third kappa shape index (κ3) is 3.52. The van der Waals surface area contributed by atoms with E-state index in [4.69, 9.17) is 4.74 Å². The highest BCUT2D eigenvalue weighted by molar-refractivity contribution is 5.47. The summed E-state index contributed by atoms with van der Waals surface area (Å²) in [4.78, 5) is 0. The van der Waals surface area contributed by atoms with Crippen molar-refractivity contribution in [3.63, 3.8) is 0 Å². The Morgan fingerprint density at radius 1 is 0.655 bits per heavy atom. The van der Waals surface area contributed by atoms with Gasteiger partial charge in [-0.15, -0.1) is 0 Å². The van der Waals surface area contributed by atoms with Gasteiger partial charge in [-0.25, -0.2) is 0 Å². The monoisotopic (exact) mass is 384 g/mol. The topological polar surface area (TPSA) is 29.5 Å². The number of ether oxygens (including phenoxy) is 1. The minimum atomic E-state index is -0.614. The SMILES string of the molecule is OC[C@H]1C[C@@H]1[C@H]1C[C@@H]1COC(c1ccccc1)(c1ccccc1)c1ccccc1. The van der Waals surface area contributed by atoms with Gasteiger partial charge in [0.25, 0.3) is 0 Å². The highest BCUT2D eigenvalue weighted by Gasteiger charge is 2.53. The Labute approximate surface area is 173 Å². The highest BCUT2D eigenvalue weighted by Crippen LogP contribution is 2.58. The van der Waals surface area contributed by atoms with Crippen molar-refractivity contribution in [3.8, 4) is 0 Å². The van der Waals surface area contributed by atoms with Crippen LogP contribution in [0.4, 0.5) is 0 Å². The minimum absolute atomic E-state index is 0.344. The zero-order valence-corrected chi connectivity index (χ0v) is 16.7. The second-order valence-corrected chi connectivity index (χ2v) is 8.59. The van der Waals surface area contributed by atoms with Crippen molar-refractivity contribution in [3.05, 3.63) is 108 Å². The first-order valence-electron chi connectivity index (χ1n) is 10.7. The quantitative estimate of drug-likeness (QED) is 0.537. The molecule has 0 unspecified atom stereocenters. The smallest absolute Gasteiger partial charge is 0.143 e. The molecule has 0 aromatic heterocycles. The van der Waals surface area contributed by atoms with E-state index in [9.17, 15) is 5.11 Å². The zero-order chi connectivity index (χ0) is 19.7. The Hall–Kier alpha value is -2.42. The Morgan fingerprint density at radius 2 is 1.07 bits per heavy atom. The van der Waals surface area contributed by atoms with Crippen LogP contribution < -0.4 is 0 Å². The van der Waals surface area contributed by atoms with Crippen LogP contribution in [0, 0.1) is 23.7 Å². The average molecular weight is 385 g/mol. The van der Waals surface area contributed by atoms with Crippen LogP contribution in [0.2, 0.25) is 0 Å². The van der Waals surface area contributed by atoms with Gasteiger partial charge in [0.2, 0.25) is 0 Å². The van der Waals surface area contributed by atoms with Gasteiger partial charge in [-0.2, -0.15) is 0 Å². The molecule has 29 heavy (non-hydrogen) atoms. The summed E-state index contributed by atoms with van der Waals surface area (Å²) in [7, 11) is 0. The van der Waals surface area contributed by atoms with Gasteiger partial charge in [0.1, 0.15) is 5.60 Å². The molecule has 0 heterocycles. The van der Waals surface area contributed by atoms with Crippen LogP contribution in [-0.2, 0) is 10.3 Å². The van der Waals surface area contributed by atoms with E-state index in [-0.39, 0.29) is 0 Å². The van der Waals surface area contributed by atoms with Crippen molar-refractivity contribution in [1.82, 2.24) is 0 Å². The molecule has 0 bridgehead atoms. The van der Waals surface area contributed by atoms with Crippen molar-refractivity contribution >= 4 is 0 Å². The molecule has 1 N–H and O–H groups in total. The molecule has 5 rings (SSSR count). The van der Waals surface area contributed by atoms with Crippen molar-refractivity contribution in [2.75, 3.05) is 13.2 Å². The van der Waals surface area contributed by atoms with Crippen LogP contribution in [0.5, 0.6) is 0 Å². The van der Waals surface area contributed by atoms with E-state index < -0.39 is 5.60 Å². The second kappa shape index (κ2) is 7.78. The van der Waals surface area contributed by atoms with Gasteiger partial charge in [-0.1, -0.05) is 91.0 Å². The van der Waals surface area contributed by atoms with Gasteiger partial charge >= 0.3 is 0 Å². The van der Waals surface area contributed by atoms with Crippen LogP contribution in [0.1, 0.15) is 29.5 Å². The van der Waals surface area contributed by atoms with Crippen LogP contribution in [0.15, 0.2) is 91.0 Å². The van der Waals surface area contributed by atoms with Gasteiger partial charge in [-0.3, -0.25) is 0 Å². The van der Waals surface area contributed by atoms with Gasteiger partial charge < -0.3 is 9.84 Å². The molecule has 148 valence electrons. The van der Waals surface area contributed by atoms with Gasteiger partial charge in [-0.05, 0) is 53.2 Å². The first kappa shape index (κ1) is 18.6. The van der Waals surface area contributed by atoms with Crippen LogP contribution in [0.25, 0.3) is 0 Å². The minimum Gasteiger partial charge on any atom is -0.396 e. The number of aliphatic hydroxyl groups is 1. The van der Waals surface area contributed by atoms with Crippen molar-refractivity contribution < 1.29 is 9.84 Å². The number of rotatable bonds is 8. The Bertz CT molecular complexity index is 826. The summed E-state index contributed by atoms with van der Waals surface area (Å²) in [6.45, 7) is 1.09. The largest absolute Gasteiger partial charge is 0.396 e. The van der Waals surface area contributed by atoms with E-state index in [2.05, 4.69) is 91.0 Å². The Morgan fingerprint density at radius 3 is 1.48 bits per heavy atom. The van der Waals surface area contributed by atoms with Crippen molar-refractivity contribution in [2.24, 2.45) is 23.7 Å². The molecule has 0 spiro atoms. The molecule has 2 saturated carbocycles. The summed E-state index contributed by atoms with van der Waals surface area (Å²) in [6, 6.07) is 31.8. The number of aliphatic hydroxyl groups excluding tert-OH is 1. The summed E-state index contributed by atoms with van der Waals surface area (Å²) in [5.74, 6) is 2.58. The van der Waals surface area contributed by atoms with E-state index in [1.165, 1.54) is 12.8 Å². The molecule has 3 aromatic rings. The van der Waals surface area contributed by atoms with E-state index >= 15 is 0 Å². The number of benzene rings is 3. The molecule has 4 atom stereocenters. The van der Waals surface area contributed by atoms with Crippen LogP contribution >= 0.6 is 0 Å². The van der Waals surface area contributed by atoms with Crippen molar-refractivity contribution in [1.29, 1.82) is 0 Å². The number of hydrogen-bond acceptors (Lipinski definition) is 2. The summed E-state index contributed by atoms with van der Waals surface area (Å²) in [5.41, 5.74) is 2.87. The van der Waals surface area contributed by atoms with E-state index in [1.807, 2.05) is 0 Å². The summed E-state index contributed by atoms with van der Waals surface area (Å²) >= 11 is 0. The zero-order valence-electron chi connectivity index (χ0n) is 16.7. The van der Waals surface area contributed by atoms with Crippen molar-refractivity contribution in [2.45, 2.75) is 18.4 Å². The summed E-state index contributed by atoms with van der Waals surface area (Å²) in [6.07, 6.45) is 2.43. The van der Waals surface area contributed by atoms with E-state index in [1.54, 1.807) is 0 Å². The summed E-state index contributed by atoms with van der Waals surface area (Å²) in [5, 5.41) is 9.41. The lowest BCUT2D eigenvalue weighted by molar-refractivity contribution is 0.00379. The maximum atomic E-state index is 9.41. The maximum absolute atomic E-state index is 9.41. The van der Waals surface area contributed by atoms with Gasteiger partial charge in [0.05, 0.1) is 6.61 Å². The fourth-order valence-electron chi connectivity index (χ4n) is 4.99. The molecule has 0 aliphatic heterocycles. The fourth-order valence-corrected chi connectivity index (χ4v) is 4.99. The average Bonchev–Trinajstić information content (AvgIpc) is 3.71. The molecule has 2 heteroatoms. The van der Waals surface area contributed by atoms with Gasteiger partial charge in [0.15, 0.2) is 0 Å². The molecule has 2 aliphatic rings. The molecule has 0 radical (unpaired) electrons. The lowest BCUT2D eigenvalue weighted by Gasteiger charge is -2.36. The summed E-state index contributed by atoms with van der Waals surface area (Å²) < 4.78 is 6.93. The van der Waals surface area contributed by atoms with E-state index in [0.717, 1.165) is 29.2 Å². The lowest BCUT2D eigenvalue weighted by Crippen LogP contribution is -2.33. The van der Waals surface area contributed by atoms with Crippen LogP contribution in [0.3, 0.4) is 0 Å². The highest BCUT2D eigenvalue weighted by atomic mass is 16.5. The molecule has 2 aliphatic carbocycles. The molecule has 2 fully saturated rings. The second-order valence-electron chi connectivity index (χ2n) is 8.59. The first-order valence-corrected chi connectivity index (χ1v) is 10.7. The Balaban J connectivity index is 1.50. The standard InChI is InChI=1S/C27H28O2/c28-18-20-16-25(20)26-17-21(26)19-29-27(22-10-4-1-5-11-22,23-12-6-2-7-13-23)24-14-8-3-9-15-24/h1-15,20-21,25-26,28H,16-19H2/t20-,21-,25+,26+/m1/s1. The third-order valence-electron chi connectivity index (χ3n) is 6.79. The van der Waals surface area contributed by atoms with E-state index in [0.29, 0.717) is 24.4 Å².